The first-order chi connectivity index (χ1) is 12.4. The number of fused-ring (bicyclic) bond motifs is 1. The van der Waals surface area contributed by atoms with Gasteiger partial charge in [0, 0.05) is 30.1 Å². The van der Waals surface area contributed by atoms with E-state index in [1.807, 2.05) is 16.1 Å². The summed E-state index contributed by atoms with van der Waals surface area (Å²) in [5.74, 6) is -0.132. The molecule has 0 spiro atoms. The summed E-state index contributed by atoms with van der Waals surface area (Å²) >= 11 is 0. The van der Waals surface area contributed by atoms with E-state index in [9.17, 15) is 18.3 Å². The maximum atomic E-state index is 12.3. The van der Waals surface area contributed by atoms with Crippen molar-refractivity contribution in [2.75, 3.05) is 24.8 Å². The molecule has 1 aliphatic rings. The molecule has 26 heavy (non-hydrogen) atoms. The van der Waals surface area contributed by atoms with Gasteiger partial charge in [-0.25, -0.2) is 5.01 Å². The van der Waals surface area contributed by atoms with Crippen molar-refractivity contribution in [1.82, 2.24) is 20.2 Å². The number of nitrogens with zero attached hydrogens (tertiary/aromatic N) is 5. The number of rotatable bonds is 6. The van der Waals surface area contributed by atoms with Crippen LogP contribution in [0.5, 0.6) is 5.88 Å². The van der Waals surface area contributed by atoms with Crippen molar-refractivity contribution in [1.29, 1.82) is 0 Å². The Hall–Kier alpha value is -2.46. The van der Waals surface area contributed by atoms with Crippen LogP contribution < -0.4 is 9.75 Å². The molecule has 0 saturated heterocycles. The van der Waals surface area contributed by atoms with Crippen LogP contribution in [0.2, 0.25) is 0 Å². The number of hydrazine groups is 1. The summed E-state index contributed by atoms with van der Waals surface area (Å²) in [6, 6.07) is 3.52. The second kappa shape index (κ2) is 7.42. The molecule has 3 heterocycles. The number of aliphatic hydroxyl groups excluding tert-OH is 1. The minimum Gasteiger partial charge on any atom is -0.467 e. The van der Waals surface area contributed by atoms with Crippen LogP contribution in [0.15, 0.2) is 24.5 Å². The van der Waals surface area contributed by atoms with Crippen LogP contribution in [-0.4, -0.2) is 51.2 Å². The van der Waals surface area contributed by atoms with Crippen molar-refractivity contribution in [3.8, 4) is 5.88 Å². The van der Waals surface area contributed by atoms with Crippen LogP contribution in [0.4, 0.5) is 18.9 Å². The molecule has 140 valence electrons. The largest absolute Gasteiger partial charge is 0.467 e. The summed E-state index contributed by atoms with van der Waals surface area (Å²) in [6.07, 6.45) is -0.971. The maximum absolute atomic E-state index is 12.3. The highest BCUT2D eigenvalue weighted by Gasteiger charge is 2.30. The van der Waals surface area contributed by atoms with Crippen molar-refractivity contribution in [3.63, 3.8) is 0 Å². The molecule has 10 heteroatoms. The van der Waals surface area contributed by atoms with E-state index in [-0.39, 0.29) is 12.5 Å². The van der Waals surface area contributed by atoms with Gasteiger partial charge in [0.15, 0.2) is 6.61 Å². The Kier molecular flexibility index (Phi) is 5.23. The Morgan fingerprint density at radius 1 is 1.31 bits per heavy atom. The van der Waals surface area contributed by atoms with Gasteiger partial charge < -0.3 is 14.9 Å². The van der Waals surface area contributed by atoms with E-state index in [2.05, 4.69) is 19.9 Å². The van der Waals surface area contributed by atoms with Crippen LogP contribution in [-0.2, 0) is 13.1 Å². The fraction of sp³-hybridized carbons (Fsp3) is 0.438. The number of anilines is 1. The number of ether oxygens (including phenoxy) is 1. The number of alkyl halides is 3. The molecule has 0 fully saturated rings. The number of hydrogen-bond acceptors (Lipinski definition) is 7. The lowest BCUT2D eigenvalue weighted by atomic mass is 10.2. The molecular weight excluding hydrogens is 351 g/mol. The highest BCUT2D eigenvalue weighted by molar-refractivity contribution is 5.54. The van der Waals surface area contributed by atoms with Gasteiger partial charge in [0.1, 0.15) is 0 Å². The van der Waals surface area contributed by atoms with Gasteiger partial charge >= 0.3 is 6.18 Å². The predicted molar refractivity (Wildman–Crippen MR) is 86.2 cm³/mol. The van der Waals surface area contributed by atoms with E-state index in [0.717, 1.165) is 11.3 Å². The first-order valence-electron chi connectivity index (χ1n) is 7.96. The zero-order valence-corrected chi connectivity index (χ0v) is 14.1. The summed E-state index contributed by atoms with van der Waals surface area (Å²) in [5.41, 5.74) is 3.05. The highest BCUT2D eigenvalue weighted by Crippen LogP contribution is 2.31. The topological polar surface area (TPSA) is 74.6 Å². The molecule has 0 aromatic carbocycles. The Labute approximate surface area is 148 Å². The molecule has 1 N–H and O–H groups in total. The van der Waals surface area contributed by atoms with Crippen LogP contribution >= 0.6 is 0 Å². The molecule has 0 saturated carbocycles. The minimum absolute atomic E-state index is 0.0206. The fourth-order valence-electron chi connectivity index (χ4n) is 2.81. The van der Waals surface area contributed by atoms with Crippen molar-refractivity contribution in [3.05, 3.63) is 41.3 Å². The molecule has 2 aromatic rings. The average Bonchev–Trinajstić information content (AvgIpc) is 2.91. The zero-order chi connectivity index (χ0) is 18.7. The second-order valence-electron chi connectivity index (χ2n) is 5.90. The van der Waals surface area contributed by atoms with Gasteiger partial charge in [-0.3, -0.25) is 4.98 Å². The van der Waals surface area contributed by atoms with Crippen LogP contribution in [0, 0.1) is 6.92 Å². The first kappa shape index (κ1) is 18.3. The van der Waals surface area contributed by atoms with Gasteiger partial charge in [-0.05, 0) is 19.1 Å². The van der Waals surface area contributed by atoms with E-state index < -0.39 is 12.8 Å². The number of hydrogen-bond donors (Lipinski definition) is 1. The monoisotopic (exact) mass is 369 g/mol. The molecule has 0 amide bonds. The van der Waals surface area contributed by atoms with E-state index in [1.165, 1.54) is 0 Å². The summed E-state index contributed by atoms with van der Waals surface area (Å²) in [6.45, 7) is 1.60. The summed E-state index contributed by atoms with van der Waals surface area (Å²) in [5, 5.41) is 21.0. The molecule has 3 rings (SSSR count). The molecule has 1 aliphatic heterocycles. The number of aliphatic hydroxyl groups is 1. The second-order valence-corrected chi connectivity index (χ2v) is 5.90. The predicted octanol–water partition coefficient (Wildman–Crippen LogP) is 1.85. The van der Waals surface area contributed by atoms with Gasteiger partial charge in [-0.15, -0.1) is 5.10 Å². The fourth-order valence-corrected chi connectivity index (χ4v) is 2.81. The summed E-state index contributed by atoms with van der Waals surface area (Å²) in [4.78, 5) is 4.11. The number of halogens is 3. The number of β-amino-alcohol motifs (C(OH)–C–C–N with tert-alkyl or cyclic N) is 1. The Balaban J connectivity index is 1.72. The van der Waals surface area contributed by atoms with Gasteiger partial charge in [-0.2, -0.15) is 18.3 Å². The number of aromatic nitrogens is 3. The molecule has 0 bridgehead atoms. The Morgan fingerprint density at radius 3 is 2.81 bits per heavy atom. The minimum atomic E-state index is -4.42. The maximum Gasteiger partial charge on any atom is 0.422 e. The first-order valence-corrected chi connectivity index (χ1v) is 7.96. The smallest absolute Gasteiger partial charge is 0.422 e. The summed E-state index contributed by atoms with van der Waals surface area (Å²) < 4.78 is 41.4. The van der Waals surface area contributed by atoms with Gasteiger partial charge in [0.2, 0.25) is 5.88 Å². The van der Waals surface area contributed by atoms with Crippen LogP contribution in [0.3, 0.4) is 0 Å². The van der Waals surface area contributed by atoms with Crippen molar-refractivity contribution in [2.45, 2.75) is 26.2 Å². The number of aryl methyl sites for hydroxylation is 1. The molecule has 0 radical (unpaired) electrons. The molecular formula is C16H18F3N5O2. The third-order valence-electron chi connectivity index (χ3n) is 3.87. The third kappa shape index (κ3) is 4.20. The van der Waals surface area contributed by atoms with Crippen LogP contribution in [0.25, 0.3) is 0 Å². The van der Waals surface area contributed by atoms with Crippen molar-refractivity contribution >= 4 is 5.69 Å². The highest BCUT2D eigenvalue weighted by atomic mass is 19.4. The van der Waals surface area contributed by atoms with E-state index >= 15 is 0 Å². The average molecular weight is 369 g/mol. The Bertz CT molecular complexity index is 772. The van der Waals surface area contributed by atoms with E-state index in [0.29, 0.717) is 30.9 Å². The third-order valence-corrected chi connectivity index (χ3v) is 3.87. The van der Waals surface area contributed by atoms with Crippen molar-refractivity contribution < 1.29 is 23.0 Å². The lowest BCUT2D eigenvalue weighted by molar-refractivity contribution is -0.154. The molecule has 0 atom stereocenters. The Morgan fingerprint density at radius 2 is 2.12 bits per heavy atom. The van der Waals surface area contributed by atoms with E-state index in [1.54, 1.807) is 25.4 Å². The van der Waals surface area contributed by atoms with E-state index in [4.69, 9.17) is 0 Å². The zero-order valence-electron chi connectivity index (χ0n) is 14.1. The number of pyridine rings is 1. The molecule has 0 unspecified atom stereocenters. The van der Waals surface area contributed by atoms with Gasteiger partial charge in [-0.1, -0.05) is 0 Å². The van der Waals surface area contributed by atoms with Gasteiger partial charge in [0.25, 0.3) is 0 Å². The molecule has 0 aliphatic carbocycles. The van der Waals surface area contributed by atoms with Gasteiger partial charge in [0.05, 0.1) is 31.1 Å². The standard InChI is InChI=1S/C16H18F3N5O2/c1-11-6-13(21-22-15(11)26-10-16(17,18)19)9-23-8-12-7-20-3-2-14(12)24(23)4-5-25/h2-3,6-7,25H,4-5,8-10H2,1H3. The normalized spacial score (nSPS) is 14.6. The molecule has 7 nitrogen and oxygen atoms in total. The van der Waals surface area contributed by atoms with Crippen molar-refractivity contribution in [2.24, 2.45) is 0 Å². The quantitative estimate of drug-likeness (QED) is 0.833. The lowest BCUT2D eigenvalue weighted by Crippen LogP contribution is -2.39. The lowest BCUT2D eigenvalue weighted by Gasteiger charge is -2.29. The SMILES string of the molecule is Cc1cc(CN2Cc3cnccc3N2CCO)nnc1OCC(F)(F)F. The van der Waals surface area contributed by atoms with Crippen LogP contribution in [0.1, 0.15) is 16.8 Å². The molecule has 2 aromatic heterocycles. The summed E-state index contributed by atoms with van der Waals surface area (Å²) in [7, 11) is 0.